The second-order valence-corrected chi connectivity index (χ2v) is 4.91. The van der Waals surface area contributed by atoms with Crippen LogP contribution < -0.4 is 11.1 Å². The Morgan fingerprint density at radius 2 is 2.06 bits per heavy atom. The standard InChI is InChI=1S/C12H23N3O/c13-7-9-15(10-4-3-5-10)11-6-1-2-8-14-12(11)16/h10-11H,1-9,13H2,(H,14,16). The van der Waals surface area contributed by atoms with E-state index in [0.29, 0.717) is 12.6 Å². The Morgan fingerprint density at radius 3 is 2.69 bits per heavy atom. The fraction of sp³-hybridized carbons (Fsp3) is 0.917. The lowest BCUT2D eigenvalue weighted by atomic mass is 9.89. The van der Waals surface area contributed by atoms with E-state index in [1.807, 2.05) is 0 Å². The van der Waals surface area contributed by atoms with Crippen LogP contribution in [0, 0.1) is 0 Å². The molecule has 1 saturated carbocycles. The molecule has 2 fully saturated rings. The van der Waals surface area contributed by atoms with E-state index in [2.05, 4.69) is 10.2 Å². The van der Waals surface area contributed by atoms with Crippen LogP contribution >= 0.6 is 0 Å². The fourth-order valence-electron chi connectivity index (χ4n) is 2.70. The van der Waals surface area contributed by atoms with Gasteiger partial charge >= 0.3 is 0 Å². The predicted molar refractivity (Wildman–Crippen MR) is 64.0 cm³/mol. The van der Waals surface area contributed by atoms with Gasteiger partial charge in [0.05, 0.1) is 6.04 Å². The van der Waals surface area contributed by atoms with E-state index >= 15 is 0 Å². The number of hydrogen-bond donors (Lipinski definition) is 2. The Balaban J connectivity index is 2.00. The Hall–Kier alpha value is -0.610. The van der Waals surface area contributed by atoms with Crippen molar-refractivity contribution in [3.63, 3.8) is 0 Å². The van der Waals surface area contributed by atoms with Gasteiger partial charge in [-0.15, -0.1) is 0 Å². The number of carbonyl (C=O) groups excluding carboxylic acids is 1. The summed E-state index contributed by atoms with van der Waals surface area (Å²) >= 11 is 0. The molecule has 92 valence electrons. The minimum Gasteiger partial charge on any atom is -0.355 e. The van der Waals surface area contributed by atoms with Gasteiger partial charge < -0.3 is 11.1 Å². The van der Waals surface area contributed by atoms with E-state index < -0.39 is 0 Å². The zero-order chi connectivity index (χ0) is 11.4. The lowest BCUT2D eigenvalue weighted by Crippen LogP contribution is -2.54. The summed E-state index contributed by atoms with van der Waals surface area (Å²) in [5.74, 6) is 0.220. The third-order valence-electron chi connectivity index (χ3n) is 3.84. The summed E-state index contributed by atoms with van der Waals surface area (Å²) in [4.78, 5) is 14.3. The highest BCUT2D eigenvalue weighted by Crippen LogP contribution is 2.28. The van der Waals surface area contributed by atoms with Gasteiger partial charge in [-0.3, -0.25) is 9.69 Å². The molecule has 4 heteroatoms. The molecule has 0 aromatic carbocycles. The van der Waals surface area contributed by atoms with Gasteiger partial charge in [-0.25, -0.2) is 0 Å². The van der Waals surface area contributed by atoms with Crippen molar-refractivity contribution >= 4 is 5.91 Å². The molecule has 3 N–H and O–H groups in total. The molecule has 0 bridgehead atoms. The van der Waals surface area contributed by atoms with E-state index in [9.17, 15) is 4.79 Å². The molecular weight excluding hydrogens is 202 g/mol. The van der Waals surface area contributed by atoms with E-state index in [-0.39, 0.29) is 11.9 Å². The summed E-state index contributed by atoms with van der Waals surface area (Å²) in [5.41, 5.74) is 5.66. The van der Waals surface area contributed by atoms with Crippen molar-refractivity contribution in [3.8, 4) is 0 Å². The number of rotatable bonds is 4. The highest BCUT2D eigenvalue weighted by atomic mass is 16.2. The molecule has 0 aromatic rings. The van der Waals surface area contributed by atoms with Gasteiger partial charge in [0.25, 0.3) is 0 Å². The summed E-state index contributed by atoms with van der Waals surface area (Å²) in [6.45, 7) is 2.36. The molecule has 0 aromatic heterocycles. The van der Waals surface area contributed by atoms with Crippen molar-refractivity contribution < 1.29 is 4.79 Å². The number of amides is 1. The van der Waals surface area contributed by atoms with Gasteiger partial charge in [-0.1, -0.05) is 6.42 Å². The zero-order valence-corrected chi connectivity index (χ0v) is 9.95. The summed E-state index contributed by atoms with van der Waals surface area (Å²) in [7, 11) is 0. The lowest BCUT2D eigenvalue weighted by molar-refractivity contribution is -0.127. The quantitative estimate of drug-likeness (QED) is 0.731. The molecule has 1 heterocycles. The van der Waals surface area contributed by atoms with Gasteiger partial charge in [0.15, 0.2) is 0 Å². The molecule has 0 radical (unpaired) electrons. The molecule has 1 unspecified atom stereocenters. The molecule has 1 amide bonds. The van der Waals surface area contributed by atoms with Crippen LogP contribution in [0.2, 0.25) is 0 Å². The number of carbonyl (C=O) groups is 1. The average molecular weight is 225 g/mol. The normalized spacial score (nSPS) is 27.4. The first-order chi connectivity index (χ1) is 7.83. The smallest absolute Gasteiger partial charge is 0.237 e. The number of nitrogens with two attached hydrogens (primary N) is 1. The Bertz CT molecular complexity index is 240. The molecule has 1 saturated heterocycles. The predicted octanol–water partition coefficient (Wildman–Crippen LogP) is 0.468. The monoisotopic (exact) mass is 225 g/mol. The van der Waals surface area contributed by atoms with Crippen LogP contribution in [0.5, 0.6) is 0 Å². The van der Waals surface area contributed by atoms with Gasteiger partial charge in [-0.05, 0) is 32.1 Å². The molecule has 0 spiro atoms. The van der Waals surface area contributed by atoms with Crippen LogP contribution in [0.4, 0.5) is 0 Å². The Morgan fingerprint density at radius 1 is 1.25 bits per heavy atom. The molecule has 2 rings (SSSR count). The SMILES string of the molecule is NCCN(C1CCC1)C1CCCCNC1=O. The second kappa shape index (κ2) is 5.64. The van der Waals surface area contributed by atoms with Crippen LogP contribution in [0.3, 0.4) is 0 Å². The number of nitrogens with one attached hydrogen (secondary N) is 1. The van der Waals surface area contributed by atoms with Crippen LogP contribution in [0.25, 0.3) is 0 Å². The maximum atomic E-state index is 12.0. The topological polar surface area (TPSA) is 58.4 Å². The molecular formula is C12H23N3O. The Labute approximate surface area is 97.6 Å². The summed E-state index contributed by atoms with van der Waals surface area (Å²) < 4.78 is 0. The molecule has 1 atom stereocenters. The summed E-state index contributed by atoms with van der Waals surface area (Å²) in [6.07, 6.45) is 7.05. The lowest BCUT2D eigenvalue weighted by Gasteiger charge is -2.41. The van der Waals surface area contributed by atoms with Crippen LogP contribution in [0.1, 0.15) is 38.5 Å². The fourth-order valence-corrected chi connectivity index (χ4v) is 2.70. The van der Waals surface area contributed by atoms with Crippen molar-refractivity contribution in [2.45, 2.75) is 50.6 Å². The van der Waals surface area contributed by atoms with Crippen molar-refractivity contribution in [1.29, 1.82) is 0 Å². The highest BCUT2D eigenvalue weighted by Gasteiger charge is 2.34. The first-order valence-electron chi connectivity index (χ1n) is 6.56. The van der Waals surface area contributed by atoms with Crippen LogP contribution in [0.15, 0.2) is 0 Å². The van der Waals surface area contributed by atoms with Gasteiger partial charge in [0, 0.05) is 25.7 Å². The molecule has 2 aliphatic rings. The van der Waals surface area contributed by atoms with E-state index in [1.54, 1.807) is 0 Å². The third-order valence-corrected chi connectivity index (χ3v) is 3.84. The second-order valence-electron chi connectivity index (χ2n) is 4.91. The van der Waals surface area contributed by atoms with Crippen molar-refractivity contribution in [3.05, 3.63) is 0 Å². The van der Waals surface area contributed by atoms with Crippen LogP contribution in [-0.4, -0.2) is 42.5 Å². The minimum atomic E-state index is 0.0800. The Kier molecular flexibility index (Phi) is 4.18. The summed E-state index contributed by atoms with van der Waals surface area (Å²) in [6, 6.07) is 0.689. The third kappa shape index (κ3) is 2.55. The van der Waals surface area contributed by atoms with Crippen molar-refractivity contribution in [1.82, 2.24) is 10.2 Å². The molecule has 1 aliphatic heterocycles. The largest absolute Gasteiger partial charge is 0.355 e. The average Bonchev–Trinajstić information content (AvgIpc) is 2.39. The van der Waals surface area contributed by atoms with Gasteiger partial charge in [0.2, 0.25) is 5.91 Å². The van der Waals surface area contributed by atoms with E-state index in [0.717, 1.165) is 32.4 Å². The number of nitrogens with zero attached hydrogens (tertiary/aromatic N) is 1. The van der Waals surface area contributed by atoms with Crippen LogP contribution in [-0.2, 0) is 4.79 Å². The first kappa shape index (κ1) is 11.9. The number of hydrogen-bond acceptors (Lipinski definition) is 3. The maximum absolute atomic E-state index is 12.0. The minimum absolute atomic E-state index is 0.0800. The molecule has 4 nitrogen and oxygen atoms in total. The van der Waals surface area contributed by atoms with Gasteiger partial charge in [-0.2, -0.15) is 0 Å². The maximum Gasteiger partial charge on any atom is 0.237 e. The van der Waals surface area contributed by atoms with E-state index in [1.165, 1.54) is 19.3 Å². The summed E-state index contributed by atoms with van der Waals surface area (Å²) in [5, 5.41) is 3.02. The van der Waals surface area contributed by atoms with E-state index in [4.69, 9.17) is 5.73 Å². The molecule has 1 aliphatic carbocycles. The first-order valence-corrected chi connectivity index (χ1v) is 6.56. The van der Waals surface area contributed by atoms with Crippen molar-refractivity contribution in [2.75, 3.05) is 19.6 Å². The molecule has 16 heavy (non-hydrogen) atoms. The van der Waals surface area contributed by atoms with Crippen molar-refractivity contribution in [2.24, 2.45) is 5.73 Å². The highest BCUT2D eigenvalue weighted by molar-refractivity contribution is 5.82. The van der Waals surface area contributed by atoms with Gasteiger partial charge in [0.1, 0.15) is 0 Å². The zero-order valence-electron chi connectivity index (χ0n) is 9.95.